The fraction of sp³-hybridized carbons (Fsp3) is 0.444. The lowest BCUT2D eigenvalue weighted by Crippen LogP contribution is -2.41. The van der Waals surface area contributed by atoms with E-state index in [1.807, 2.05) is 0 Å². The van der Waals surface area contributed by atoms with Crippen LogP contribution in [0.1, 0.15) is 31.9 Å². The van der Waals surface area contributed by atoms with Gasteiger partial charge in [0, 0.05) is 18.0 Å². The normalized spacial score (nSPS) is 15.1. The first kappa shape index (κ1) is 21.9. The summed E-state index contributed by atoms with van der Waals surface area (Å²) in [5.74, 6) is -0.644. The van der Waals surface area contributed by atoms with Gasteiger partial charge in [-0.2, -0.15) is 21.6 Å². The summed E-state index contributed by atoms with van der Waals surface area (Å²) >= 11 is 0. The number of carbonyl (C=O) groups excluding carboxylic acids is 1. The van der Waals surface area contributed by atoms with Crippen LogP contribution < -0.4 is 9.81 Å². The first-order valence-electron chi connectivity index (χ1n) is 8.75. The molecule has 1 aromatic carbocycles. The van der Waals surface area contributed by atoms with Gasteiger partial charge in [-0.1, -0.05) is 0 Å². The van der Waals surface area contributed by atoms with Gasteiger partial charge in [-0.25, -0.2) is 9.59 Å². The molecule has 0 radical (unpaired) electrons. The summed E-state index contributed by atoms with van der Waals surface area (Å²) in [5, 5.41) is 0.408. The first-order chi connectivity index (χ1) is 13.7. The molecular weight excluding hydrogens is 431 g/mol. The third-order valence-electron chi connectivity index (χ3n) is 4.21. The highest BCUT2D eigenvalue weighted by atomic mass is 32.2. The number of hydrogen-bond donors (Lipinski definition) is 0. The van der Waals surface area contributed by atoms with Crippen LogP contribution >= 0.6 is 0 Å². The number of ether oxygens (including phenoxy) is 1. The molecule has 12 heteroatoms. The van der Waals surface area contributed by atoms with Gasteiger partial charge < -0.3 is 18.2 Å². The number of halogens is 3. The van der Waals surface area contributed by atoms with E-state index >= 15 is 0 Å². The molecule has 3 rings (SSSR count). The van der Waals surface area contributed by atoms with Crippen LogP contribution in [0.2, 0.25) is 0 Å². The third-order valence-corrected chi connectivity index (χ3v) is 5.19. The van der Waals surface area contributed by atoms with Crippen molar-refractivity contribution in [2.75, 3.05) is 6.54 Å². The Labute approximate surface area is 169 Å². The highest BCUT2D eigenvalue weighted by molar-refractivity contribution is 7.88. The number of hydrogen-bond acceptors (Lipinski definition) is 7. The Kier molecular flexibility index (Phi) is 5.25. The Bertz CT molecular complexity index is 1160. The first-order valence-corrected chi connectivity index (χ1v) is 10.2. The van der Waals surface area contributed by atoms with Crippen molar-refractivity contribution in [2.24, 2.45) is 0 Å². The molecule has 2 aromatic rings. The van der Waals surface area contributed by atoms with Gasteiger partial charge in [0.1, 0.15) is 16.9 Å². The zero-order valence-electron chi connectivity index (χ0n) is 16.2. The van der Waals surface area contributed by atoms with E-state index in [0.29, 0.717) is 10.9 Å². The van der Waals surface area contributed by atoms with Crippen molar-refractivity contribution in [1.29, 1.82) is 0 Å². The second-order valence-electron chi connectivity index (χ2n) is 7.64. The molecule has 1 aromatic heterocycles. The Balaban J connectivity index is 1.94. The predicted molar refractivity (Wildman–Crippen MR) is 98.4 cm³/mol. The fourth-order valence-corrected chi connectivity index (χ4v) is 3.41. The highest BCUT2D eigenvalue weighted by Gasteiger charge is 2.48. The monoisotopic (exact) mass is 449 g/mol. The molecular formula is C18H18F3NO7S. The molecule has 0 unspecified atom stereocenters. The summed E-state index contributed by atoms with van der Waals surface area (Å²) in [6.07, 6.45) is -0.314. The maximum absolute atomic E-state index is 12.5. The van der Waals surface area contributed by atoms with E-state index in [1.54, 1.807) is 20.8 Å². The Morgan fingerprint density at radius 2 is 1.83 bits per heavy atom. The van der Waals surface area contributed by atoms with E-state index in [2.05, 4.69) is 4.18 Å². The molecule has 1 aliphatic rings. The van der Waals surface area contributed by atoms with Gasteiger partial charge in [0.2, 0.25) is 0 Å². The van der Waals surface area contributed by atoms with Crippen molar-refractivity contribution in [1.82, 2.24) is 4.90 Å². The predicted octanol–water partition coefficient (Wildman–Crippen LogP) is 3.31. The van der Waals surface area contributed by atoms with E-state index < -0.39 is 38.7 Å². The van der Waals surface area contributed by atoms with Crippen molar-refractivity contribution < 1.29 is 39.7 Å². The topological polar surface area (TPSA) is 103 Å². The summed E-state index contributed by atoms with van der Waals surface area (Å²) in [4.78, 5) is 26.0. The van der Waals surface area contributed by atoms with E-state index in [0.717, 1.165) is 12.1 Å². The molecule has 0 saturated carbocycles. The van der Waals surface area contributed by atoms with E-state index in [4.69, 9.17) is 9.15 Å². The van der Waals surface area contributed by atoms with Crippen molar-refractivity contribution in [2.45, 2.75) is 44.8 Å². The van der Waals surface area contributed by atoms with Gasteiger partial charge in [0.05, 0.1) is 12.1 Å². The van der Waals surface area contributed by atoms with Crippen molar-refractivity contribution >= 4 is 27.2 Å². The fourth-order valence-electron chi connectivity index (χ4n) is 2.95. The van der Waals surface area contributed by atoms with Crippen molar-refractivity contribution in [3.05, 3.63) is 39.7 Å². The summed E-state index contributed by atoms with van der Waals surface area (Å²) in [5.41, 5.74) is -6.44. The summed E-state index contributed by atoms with van der Waals surface area (Å²) in [6, 6.07) is 3.24. The largest absolute Gasteiger partial charge is 0.534 e. The Morgan fingerprint density at radius 3 is 2.43 bits per heavy atom. The number of nitrogens with zero attached hydrogens (tertiary/aromatic N) is 1. The molecule has 0 spiro atoms. The van der Waals surface area contributed by atoms with Crippen LogP contribution in [-0.2, 0) is 27.8 Å². The molecule has 0 saturated heterocycles. The molecule has 1 amide bonds. The standard InChI is InChI=1S/C18H18F3NO7S/c1-17(2,3)28-16(24)22-7-6-11-12-5-4-10(29-30(25,26)18(19,20)21)8-14(12)27-15(23)13(11)9-22/h4-5,8H,6-7,9H2,1-3H3. The van der Waals surface area contributed by atoms with Gasteiger partial charge in [-0.3, -0.25) is 0 Å². The Morgan fingerprint density at radius 1 is 1.17 bits per heavy atom. The maximum atomic E-state index is 12.5. The zero-order valence-corrected chi connectivity index (χ0v) is 17.0. The molecule has 0 fully saturated rings. The van der Waals surface area contributed by atoms with E-state index in [-0.39, 0.29) is 30.7 Å². The van der Waals surface area contributed by atoms with Gasteiger partial charge in [-0.15, -0.1) is 0 Å². The van der Waals surface area contributed by atoms with Crippen LogP contribution in [0.25, 0.3) is 11.0 Å². The summed E-state index contributed by atoms with van der Waals surface area (Å²) in [6.45, 7) is 5.33. The Hall–Kier alpha value is -2.76. The van der Waals surface area contributed by atoms with Crippen LogP contribution in [-0.4, -0.2) is 37.1 Å². The average molecular weight is 449 g/mol. The van der Waals surface area contributed by atoms with E-state index in [9.17, 15) is 31.2 Å². The molecule has 0 aliphatic carbocycles. The molecule has 164 valence electrons. The molecule has 2 heterocycles. The molecule has 0 bridgehead atoms. The van der Waals surface area contributed by atoms with Crippen LogP contribution in [0.4, 0.5) is 18.0 Å². The molecule has 0 N–H and O–H groups in total. The lowest BCUT2D eigenvalue weighted by atomic mass is 9.98. The second-order valence-corrected chi connectivity index (χ2v) is 9.18. The molecule has 1 aliphatic heterocycles. The smallest absolute Gasteiger partial charge is 0.444 e. The van der Waals surface area contributed by atoms with Crippen LogP contribution in [0, 0.1) is 0 Å². The highest BCUT2D eigenvalue weighted by Crippen LogP contribution is 2.31. The van der Waals surface area contributed by atoms with Crippen LogP contribution in [0.5, 0.6) is 5.75 Å². The van der Waals surface area contributed by atoms with Crippen LogP contribution in [0.15, 0.2) is 27.4 Å². The number of alkyl halides is 3. The number of fused-ring (bicyclic) bond motifs is 3. The van der Waals surface area contributed by atoms with Gasteiger partial charge in [0.15, 0.2) is 0 Å². The van der Waals surface area contributed by atoms with Crippen LogP contribution in [0.3, 0.4) is 0 Å². The van der Waals surface area contributed by atoms with Crippen molar-refractivity contribution in [3.63, 3.8) is 0 Å². The third kappa shape index (κ3) is 4.37. The number of rotatable bonds is 2. The maximum Gasteiger partial charge on any atom is 0.534 e. The lowest BCUT2D eigenvalue weighted by Gasteiger charge is -2.30. The van der Waals surface area contributed by atoms with Gasteiger partial charge in [-0.05, 0) is 44.9 Å². The number of carbonyl (C=O) groups is 1. The minimum absolute atomic E-state index is 0.0524. The van der Waals surface area contributed by atoms with Gasteiger partial charge >= 0.3 is 27.3 Å². The van der Waals surface area contributed by atoms with Gasteiger partial charge in [0.25, 0.3) is 0 Å². The van der Waals surface area contributed by atoms with E-state index in [1.165, 1.54) is 11.0 Å². The number of amides is 1. The SMILES string of the molecule is CC(C)(C)OC(=O)N1CCc2c(c(=O)oc3cc(OS(=O)(=O)C(F)(F)F)ccc23)C1. The second kappa shape index (κ2) is 7.18. The summed E-state index contributed by atoms with van der Waals surface area (Å²) < 4.78 is 74.3. The number of benzene rings is 1. The quantitative estimate of drug-likeness (QED) is 0.394. The molecule has 8 nitrogen and oxygen atoms in total. The summed E-state index contributed by atoms with van der Waals surface area (Å²) in [7, 11) is -5.86. The molecule has 0 atom stereocenters. The zero-order chi connectivity index (χ0) is 22.5. The molecule has 30 heavy (non-hydrogen) atoms. The van der Waals surface area contributed by atoms with Crippen molar-refractivity contribution in [3.8, 4) is 5.75 Å². The minimum Gasteiger partial charge on any atom is -0.444 e. The lowest BCUT2D eigenvalue weighted by molar-refractivity contribution is -0.0500. The minimum atomic E-state index is -5.86. The average Bonchev–Trinajstić information content (AvgIpc) is 2.58.